The quantitative estimate of drug-likeness (QED) is 0.894. The van der Waals surface area contributed by atoms with E-state index >= 15 is 0 Å². The minimum atomic E-state index is -0.0111. The van der Waals surface area contributed by atoms with E-state index in [1.165, 1.54) is 4.21 Å². The molecule has 2 aromatic rings. The van der Waals surface area contributed by atoms with E-state index in [-0.39, 0.29) is 6.61 Å². The van der Waals surface area contributed by atoms with Crippen LogP contribution in [0.3, 0.4) is 0 Å². The Balaban J connectivity index is 2.20. The number of benzene rings is 1. The van der Waals surface area contributed by atoms with Crippen molar-refractivity contribution in [2.24, 2.45) is 0 Å². The first kappa shape index (κ1) is 11.0. The normalized spacial score (nSPS) is 10.5. The zero-order valence-corrected chi connectivity index (χ0v) is 10.2. The van der Waals surface area contributed by atoms with E-state index in [2.05, 4.69) is 6.07 Å². The zero-order chi connectivity index (χ0) is 10.7. The Morgan fingerprint density at radius 3 is 2.80 bits per heavy atom. The second kappa shape index (κ2) is 5.03. The van der Waals surface area contributed by atoms with Crippen molar-refractivity contribution in [3.05, 3.63) is 46.3 Å². The summed E-state index contributed by atoms with van der Waals surface area (Å²) in [6, 6.07) is 9.82. The van der Waals surface area contributed by atoms with Gasteiger partial charge in [0.25, 0.3) is 0 Å². The molecular weight excluding hydrogens is 248 g/mol. The standard InChI is InChI=1S/C11H9ClOS2/c12-10-6-9(4-3-8(10)7-13)15-11-2-1-5-14-11/h1-6,13H,7H2. The molecule has 1 aromatic heterocycles. The van der Waals surface area contributed by atoms with Crippen molar-refractivity contribution in [3.8, 4) is 0 Å². The minimum Gasteiger partial charge on any atom is -0.392 e. The first-order valence-electron chi connectivity index (χ1n) is 4.40. The molecule has 0 aliphatic rings. The van der Waals surface area contributed by atoms with Gasteiger partial charge in [0.15, 0.2) is 0 Å². The van der Waals surface area contributed by atoms with Crippen molar-refractivity contribution >= 4 is 34.7 Å². The fourth-order valence-electron chi connectivity index (χ4n) is 1.16. The summed E-state index contributed by atoms with van der Waals surface area (Å²) in [6.07, 6.45) is 0. The van der Waals surface area contributed by atoms with E-state index < -0.39 is 0 Å². The lowest BCUT2D eigenvalue weighted by Crippen LogP contribution is -1.84. The van der Waals surface area contributed by atoms with Gasteiger partial charge in [0.2, 0.25) is 0 Å². The molecule has 1 aromatic carbocycles. The maximum Gasteiger partial charge on any atom is 0.0696 e. The van der Waals surface area contributed by atoms with Crippen LogP contribution in [-0.4, -0.2) is 5.11 Å². The van der Waals surface area contributed by atoms with Crippen molar-refractivity contribution in [2.75, 3.05) is 0 Å². The highest BCUT2D eigenvalue weighted by atomic mass is 35.5. The lowest BCUT2D eigenvalue weighted by Gasteiger charge is -2.03. The van der Waals surface area contributed by atoms with Crippen molar-refractivity contribution in [2.45, 2.75) is 15.7 Å². The third-order valence-corrected chi connectivity index (χ3v) is 4.29. The summed E-state index contributed by atoms with van der Waals surface area (Å²) in [5, 5.41) is 11.6. The first-order valence-corrected chi connectivity index (χ1v) is 6.47. The van der Waals surface area contributed by atoms with E-state index in [9.17, 15) is 0 Å². The second-order valence-electron chi connectivity index (χ2n) is 2.95. The highest BCUT2D eigenvalue weighted by Gasteiger charge is 2.02. The van der Waals surface area contributed by atoms with Gasteiger partial charge in [-0.25, -0.2) is 0 Å². The van der Waals surface area contributed by atoms with Crippen LogP contribution in [0.4, 0.5) is 0 Å². The Morgan fingerprint density at radius 2 is 2.20 bits per heavy atom. The van der Waals surface area contributed by atoms with Gasteiger partial charge in [-0.2, -0.15) is 0 Å². The van der Waals surface area contributed by atoms with Gasteiger partial charge in [0.05, 0.1) is 10.8 Å². The number of halogens is 1. The van der Waals surface area contributed by atoms with Gasteiger partial charge in [-0.1, -0.05) is 35.5 Å². The lowest BCUT2D eigenvalue weighted by molar-refractivity contribution is 0.282. The summed E-state index contributed by atoms with van der Waals surface area (Å²) in [5.74, 6) is 0. The largest absolute Gasteiger partial charge is 0.392 e. The molecular formula is C11H9ClOS2. The molecule has 78 valence electrons. The SMILES string of the molecule is OCc1ccc(Sc2cccs2)cc1Cl. The van der Waals surface area contributed by atoms with Crippen LogP contribution in [0.2, 0.25) is 5.02 Å². The van der Waals surface area contributed by atoms with Gasteiger partial charge in [0, 0.05) is 9.92 Å². The summed E-state index contributed by atoms with van der Waals surface area (Å²) in [4.78, 5) is 1.10. The van der Waals surface area contributed by atoms with Crippen LogP contribution in [0.5, 0.6) is 0 Å². The summed E-state index contributed by atoms with van der Waals surface area (Å²) >= 11 is 9.38. The maximum atomic E-state index is 8.98. The average molecular weight is 257 g/mol. The Hall–Kier alpha value is -0.480. The zero-order valence-electron chi connectivity index (χ0n) is 7.81. The van der Waals surface area contributed by atoms with Crippen LogP contribution in [-0.2, 0) is 6.61 Å². The Bertz CT molecular complexity index is 440. The number of hydrogen-bond acceptors (Lipinski definition) is 3. The number of thiophene rings is 1. The molecule has 1 nitrogen and oxygen atoms in total. The van der Waals surface area contributed by atoms with Gasteiger partial charge in [-0.05, 0) is 29.1 Å². The van der Waals surface area contributed by atoms with E-state index in [0.29, 0.717) is 5.02 Å². The van der Waals surface area contributed by atoms with E-state index in [4.69, 9.17) is 16.7 Å². The van der Waals surface area contributed by atoms with E-state index in [1.54, 1.807) is 23.1 Å². The van der Waals surface area contributed by atoms with Crippen LogP contribution in [0.15, 0.2) is 44.8 Å². The van der Waals surface area contributed by atoms with E-state index in [0.717, 1.165) is 10.5 Å². The van der Waals surface area contributed by atoms with Crippen LogP contribution >= 0.6 is 34.7 Å². The molecule has 0 spiro atoms. The first-order chi connectivity index (χ1) is 7.29. The smallest absolute Gasteiger partial charge is 0.0696 e. The predicted molar refractivity (Wildman–Crippen MR) is 65.8 cm³/mol. The van der Waals surface area contributed by atoms with Gasteiger partial charge in [-0.3, -0.25) is 0 Å². The fraction of sp³-hybridized carbons (Fsp3) is 0.0909. The topological polar surface area (TPSA) is 20.2 Å². The summed E-state index contributed by atoms with van der Waals surface area (Å²) < 4.78 is 1.24. The van der Waals surface area contributed by atoms with Gasteiger partial charge in [0.1, 0.15) is 0 Å². The van der Waals surface area contributed by atoms with Crippen molar-refractivity contribution in [3.63, 3.8) is 0 Å². The van der Waals surface area contributed by atoms with Crippen LogP contribution in [0, 0.1) is 0 Å². The third kappa shape index (κ3) is 2.75. The van der Waals surface area contributed by atoms with E-state index in [1.807, 2.05) is 29.6 Å². The average Bonchev–Trinajstić information content (AvgIpc) is 2.71. The van der Waals surface area contributed by atoms with Gasteiger partial charge >= 0.3 is 0 Å². The van der Waals surface area contributed by atoms with Gasteiger partial charge < -0.3 is 5.11 Å². The molecule has 0 unspecified atom stereocenters. The second-order valence-corrected chi connectivity index (χ2v) is 5.67. The van der Waals surface area contributed by atoms with Crippen LogP contribution < -0.4 is 0 Å². The number of aliphatic hydroxyl groups is 1. The molecule has 0 saturated heterocycles. The monoisotopic (exact) mass is 256 g/mol. The maximum absolute atomic E-state index is 8.98. The molecule has 15 heavy (non-hydrogen) atoms. The molecule has 0 radical (unpaired) electrons. The highest BCUT2D eigenvalue weighted by Crippen LogP contribution is 2.33. The van der Waals surface area contributed by atoms with Gasteiger partial charge in [-0.15, -0.1) is 11.3 Å². The summed E-state index contributed by atoms with van der Waals surface area (Å²) in [7, 11) is 0. The predicted octanol–water partition coefficient (Wildman–Crippen LogP) is 4.05. The number of rotatable bonds is 3. The Labute approximate surface area is 102 Å². The van der Waals surface area contributed by atoms with Crippen molar-refractivity contribution in [1.29, 1.82) is 0 Å². The number of hydrogen-bond donors (Lipinski definition) is 1. The number of aliphatic hydroxyl groups excluding tert-OH is 1. The molecule has 1 N–H and O–H groups in total. The lowest BCUT2D eigenvalue weighted by atomic mass is 10.2. The Kier molecular flexibility index (Phi) is 3.70. The molecule has 0 saturated carbocycles. The third-order valence-electron chi connectivity index (χ3n) is 1.91. The highest BCUT2D eigenvalue weighted by molar-refractivity contribution is 8.01. The molecule has 0 aliphatic heterocycles. The summed E-state index contributed by atoms with van der Waals surface area (Å²) in [5.41, 5.74) is 0.771. The minimum absolute atomic E-state index is 0.0111. The van der Waals surface area contributed by atoms with Crippen LogP contribution in [0.1, 0.15) is 5.56 Å². The van der Waals surface area contributed by atoms with Crippen LogP contribution in [0.25, 0.3) is 0 Å². The fourth-order valence-corrected chi connectivity index (χ4v) is 3.25. The van der Waals surface area contributed by atoms with Crippen molar-refractivity contribution < 1.29 is 5.11 Å². The summed E-state index contributed by atoms with van der Waals surface area (Å²) in [6.45, 7) is -0.0111. The molecule has 0 aliphatic carbocycles. The Morgan fingerprint density at radius 1 is 1.33 bits per heavy atom. The molecule has 0 bridgehead atoms. The molecule has 1 heterocycles. The molecule has 2 rings (SSSR count). The van der Waals surface area contributed by atoms with Crippen molar-refractivity contribution in [1.82, 2.24) is 0 Å². The molecule has 4 heteroatoms. The molecule has 0 atom stereocenters. The molecule has 0 fully saturated rings. The molecule has 0 amide bonds.